The van der Waals surface area contributed by atoms with Crippen molar-refractivity contribution in [2.75, 3.05) is 24.6 Å². The largest absolute Gasteiger partial charge is 0.463 e. The summed E-state index contributed by atoms with van der Waals surface area (Å²) in [6.07, 6.45) is 6.73. The second-order valence-electron chi connectivity index (χ2n) is 10.6. The number of aromatic nitrogens is 1. The molecule has 0 radical (unpaired) electrons. The third-order valence-electron chi connectivity index (χ3n) is 7.42. The molecular formula is C31H36BrN3O4S. The van der Waals surface area contributed by atoms with Crippen LogP contribution >= 0.6 is 27.3 Å². The molecule has 2 aromatic heterocycles. The van der Waals surface area contributed by atoms with Crippen molar-refractivity contribution in [3.8, 4) is 0 Å². The Hall–Kier alpha value is -2.91. The molecule has 7 nitrogen and oxygen atoms in total. The first-order valence-electron chi connectivity index (χ1n) is 14.2. The third-order valence-corrected chi connectivity index (χ3v) is 8.97. The molecule has 1 aromatic carbocycles. The van der Waals surface area contributed by atoms with Gasteiger partial charge in [0.15, 0.2) is 4.80 Å². The number of fused-ring (bicyclic) bond motifs is 1. The fraction of sp³-hybridized carbons (Fsp3) is 0.452. The lowest BCUT2D eigenvalue weighted by Gasteiger charge is -2.26. The highest BCUT2D eigenvalue weighted by Gasteiger charge is 2.34. The standard InChI is InChI=1S/C31H36BrN3O4S/c1-5-10-24-26(30(37)38-6-2)27(21-13-11-20(12-14-21)19(3)4)35-28(36)25(40-31(35)33-24)18-22-17-23(32)29(39-22)34-15-8-7-9-16-34/h11-14,17-19,27H,5-10,15-16H2,1-4H3/b25-18+/t27-/m0/s1. The van der Waals surface area contributed by atoms with Crippen LogP contribution in [0.1, 0.15) is 88.6 Å². The molecule has 0 unspecified atom stereocenters. The number of piperidine rings is 1. The number of ether oxygens (including phenoxy) is 1. The van der Waals surface area contributed by atoms with Gasteiger partial charge in [0.1, 0.15) is 5.76 Å². The fourth-order valence-electron chi connectivity index (χ4n) is 5.39. The van der Waals surface area contributed by atoms with Crippen molar-refractivity contribution < 1.29 is 13.9 Å². The summed E-state index contributed by atoms with van der Waals surface area (Å²) < 4.78 is 14.7. The molecule has 2 aliphatic rings. The predicted octanol–water partition coefficient (Wildman–Crippen LogP) is 6.05. The number of allylic oxidation sites excluding steroid dienone is 1. The summed E-state index contributed by atoms with van der Waals surface area (Å²) in [5, 5.41) is 0. The molecule has 0 amide bonds. The second kappa shape index (κ2) is 12.3. The van der Waals surface area contributed by atoms with Crippen LogP contribution in [0.3, 0.4) is 0 Å². The lowest BCUT2D eigenvalue weighted by Crippen LogP contribution is -2.40. The van der Waals surface area contributed by atoms with Crippen LogP contribution in [0.25, 0.3) is 6.08 Å². The molecule has 0 aliphatic carbocycles. The van der Waals surface area contributed by atoms with Crippen LogP contribution in [-0.2, 0) is 9.53 Å². The summed E-state index contributed by atoms with van der Waals surface area (Å²) in [4.78, 5) is 35.0. The minimum atomic E-state index is -0.618. The smallest absolute Gasteiger partial charge is 0.338 e. The first-order chi connectivity index (χ1) is 19.3. The van der Waals surface area contributed by atoms with Crippen molar-refractivity contribution in [2.24, 2.45) is 4.99 Å². The lowest BCUT2D eigenvalue weighted by atomic mass is 9.92. The minimum absolute atomic E-state index is 0.203. The van der Waals surface area contributed by atoms with E-state index in [9.17, 15) is 9.59 Å². The third kappa shape index (κ3) is 5.63. The highest BCUT2D eigenvalue weighted by atomic mass is 79.9. The highest BCUT2D eigenvalue weighted by Crippen LogP contribution is 2.34. The Labute approximate surface area is 247 Å². The van der Waals surface area contributed by atoms with Crippen LogP contribution in [0.5, 0.6) is 0 Å². The van der Waals surface area contributed by atoms with Crippen molar-refractivity contribution >= 4 is 45.2 Å². The van der Waals surface area contributed by atoms with Gasteiger partial charge in [-0.25, -0.2) is 9.79 Å². The van der Waals surface area contributed by atoms with Gasteiger partial charge in [0, 0.05) is 25.2 Å². The molecule has 3 aromatic rings. The number of esters is 1. The summed E-state index contributed by atoms with van der Waals surface area (Å²) in [7, 11) is 0. The van der Waals surface area contributed by atoms with Crippen LogP contribution in [0.15, 0.2) is 60.3 Å². The van der Waals surface area contributed by atoms with Crippen molar-refractivity contribution in [3.63, 3.8) is 0 Å². The Balaban J connectivity index is 1.65. The molecule has 9 heteroatoms. The van der Waals surface area contributed by atoms with Gasteiger partial charge in [-0.2, -0.15) is 0 Å². The number of hydrogen-bond donors (Lipinski definition) is 0. The van der Waals surface area contributed by atoms with Crippen LogP contribution < -0.4 is 19.8 Å². The van der Waals surface area contributed by atoms with Gasteiger partial charge in [-0.15, -0.1) is 0 Å². The average molecular weight is 627 g/mol. The van der Waals surface area contributed by atoms with Gasteiger partial charge in [-0.3, -0.25) is 9.36 Å². The number of furan rings is 1. The first-order valence-corrected chi connectivity index (χ1v) is 15.8. The van der Waals surface area contributed by atoms with Gasteiger partial charge >= 0.3 is 5.97 Å². The van der Waals surface area contributed by atoms with Gasteiger partial charge in [-0.05, 0) is 65.6 Å². The molecule has 1 saturated heterocycles. The first kappa shape index (κ1) is 28.6. The lowest BCUT2D eigenvalue weighted by molar-refractivity contribution is -0.139. The maximum absolute atomic E-state index is 14.0. The highest BCUT2D eigenvalue weighted by molar-refractivity contribution is 9.10. The zero-order valence-electron chi connectivity index (χ0n) is 23.5. The van der Waals surface area contributed by atoms with Crippen molar-refractivity contribution in [1.29, 1.82) is 0 Å². The summed E-state index contributed by atoms with van der Waals surface area (Å²) in [5.41, 5.74) is 2.97. The summed E-state index contributed by atoms with van der Waals surface area (Å²) >= 11 is 4.97. The average Bonchev–Trinajstić information content (AvgIpc) is 3.47. The summed E-state index contributed by atoms with van der Waals surface area (Å²) in [6.45, 7) is 10.3. The molecule has 212 valence electrons. The number of rotatable bonds is 8. The maximum atomic E-state index is 14.0. The Morgan fingerprint density at radius 2 is 1.93 bits per heavy atom. The predicted molar refractivity (Wildman–Crippen MR) is 163 cm³/mol. The normalized spacial score (nSPS) is 17.8. The number of anilines is 1. The van der Waals surface area contributed by atoms with Gasteiger partial charge in [-0.1, -0.05) is 62.8 Å². The number of hydrogen-bond acceptors (Lipinski definition) is 7. The van der Waals surface area contributed by atoms with E-state index in [1.165, 1.54) is 23.3 Å². The Morgan fingerprint density at radius 1 is 1.20 bits per heavy atom. The van der Waals surface area contributed by atoms with Crippen molar-refractivity contribution in [1.82, 2.24) is 4.57 Å². The number of carbonyl (C=O) groups excluding carboxylic acids is 1. The molecule has 0 spiro atoms. The number of thiazole rings is 1. The van der Waals surface area contributed by atoms with Gasteiger partial charge in [0.05, 0.1) is 32.9 Å². The van der Waals surface area contributed by atoms with E-state index in [0.717, 1.165) is 48.3 Å². The van der Waals surface area contributed by atoms with Gasteiger partial charge in [0.25, 0.3) is 5.56 Å². The van der Waals surface area contributed by atoms with Gasteiger partial charge in [0.2, 0.25) is 5.88 Å². The summed E-state index contributed by atoms with van der Waals surface area (Å²) in [5.74, 6) is 1.35. The second-order valence-corrected chi connectivity index (χ2v) is 12.4. The molecule has 0 N–H and O–H groups in total. The van der Waals surface area contributed by atoms with E-state index in [-0.39, 0.29) is 12.2 Å². The van der Waals surface area contributed by atoms with Crippen LogP contribution in [0.2, 0.25) is 0 Å². The van der Waals surface area contributed by atoms with Crippen LogP contribution in [0.4, 0.5) is 5.88 Å². The van der Waals surface area contributed by atoms with E-state index in [1.54, 1.807) is 17.6 Å². The molecule has 1 fully saturated rings. The molecular weight excluding hydrogens is 590 g/mol. The van der Waals surface area contributed by atoms with E-state index in [4.69, 9.17) is 14.1 Å². The van der Waals surface area contributed by atoms with Crippen molar-refractivity contribution in [2.45, 2.75) is 71.8 Å². The molecule has 2 aliphatic heterocycles. The number of halogens is 1. The minimum Gasteiger partial charge on any atom is -0.463 e. The molecule has 4 heterocycles. The Bertz CT molecular complexity index is 1590. The number of benzene rings is 1. The topological polar surface area (TPSA) is 77.0 Å². The molecule has 0 bridgehead atoms. The summed E-state index contributed by atoms with van der Waals surface area (Å²) in [6, 6.07) is 9.46. The maximum Gasteiger partial charge on any atom is 0.338 e. The van der Waals surface area contributed by atoms with Crippen molar-refractivity contribution in [3.05, 3.63) is 82.6 Å². The zero-order chi connectivity index (χ0) is 28.4. The van der Waals surface area contributed by atoms with E-state index in [0.29, 0.717) is 38.7 Å². The Morgan fingerprint density at radius 3 is 2.58 bits per heavy atom. The Kier molecular flexibility index (Phi) is 8.80. The fourth-order valence-corrected chi connectivity index (χ4v) is 6.95. The van der Waals surface area contributed by atoms with E-state index >= 15 is 0 Å². The van der Waals surface area contributed by atoms with Crippen LogP contribution in [-0.4, -0.2) is 30.2 Å². The van der Waals surface area contributed by atoms with Gasteiger partial charge < -0.3 is 14.1 Å². The number of carbonyl (C=O) groups is 1. The van der Waals surface area contributed by atoms with E-state index < -0.39 is 12.0 Å². The molecule has 0 saturated carbocycles. The molecule has 5 rings (SSSR count). The van der Waals surface area contributed by atoms with Crippen LogP contribution in [0, 0.1) is 0 Å². The number of nitrogens with zero attached hydrogens (tertiary/aromatic N) is 3. The quantitative estimate of drug-likeness (QED) is 0.285. The molecule has 1 atom stereocenters. The SMILES string of the molecule is CCCC1=C(C(=O)OCC)[C@H](c2ccc(C(C)C)cc2)n2c(s/c(=C/c3cc(Br)c(N4CCCCC4)o3)c2=O)=N1. The van der Waals surface area contributed by atoms with E-state index in [1.807, 2.05) is 18.2 Å². The zero-order valence-corrected chi connectivity index (χ0v) is 25.9. The van der Waals surface area contributed by atoms with E-state index in [2.05, 4.69) is 53.7 Å². The molecule has 40 heavy (non-hydrogen) atoms. The monoisotopic (exact) mass is 625 g/mol.